The Bertz CT molecular complexity index is 239. The smallest absolute Gasteiger partial charge is 0.430 e. The quantitative estimate of drug-likeness (QED) is 0.575. The van der Waals surface area contributed by atoms with Crippen LogP contribution < -0.4 is 0 Å². The van der Waals surface area contributed by atoms with Crippen molar-refractivity contribution >= 4 is 6.16 Å². The van der Waals surface area contributed by atoms with E-state index in [0.29, 0.717) is 12.2 Å². The van der Waals surface area contributed by atoms with Gasteiger partial charge in [0.1, 0.15) is 12.2 Å². The fourth-order valence-electron chi connectivity index (χ4n) is 0.862. The molecule has 0 aromatic rings. The topological polar surface area (TPSA) is 65.0 Å². The normalized spacial score (nSPS) is 12.4. The number of hydrogen-bond donors (Lipinski definition) is 1. The van der Waals surface area contributed by atoms with Crippen molar-refractivity contribution in [3.63, 3.8) is 0 Å². The Morgan fingerprint density at radius 1 is 1.38 bits per heavy atom. The van der Waals surface area contributed by atoms with E-state index in [0.717, 1.165) is 0 Å². The van der Waals surface area contributed by atoms with Crippen LogP contribution in [0.25, 0.3) is 0 Å². The van der Waals surface area contributed by atoms with E-state index in [1.165, 1.54) is 7.11 Å². The van der Waals surface area contributed by atoms with Gasteiger partial charge in [-0.15, -0.1) is 0 Å². The second-order valence-corrected chi connectivity index (χ2v) is 4.23. The highest BCUT2D eigenvalue weighted by atomic mass is 16.7. The SMILES string of the molecule is COC/C(=C/COC(=O)OC(C)(C)C)CO. The van der Waals surface area contributed by atoms with Crippen LogP contribution in [0.3, 0.4) is 0 Å². The van der Waals surface area contributed by atoms with Crippen molar-refractivity contribution in [2.75, 3.05) is 26.9 Å². The van der Waals surface area contributed by atoms with E-state index in [4.69, 9.17) is 19.3 Å². The highest BCUT2D eigenvalue weighted by Crippen LogP contribution is 2.08. The zero-order valence-corrected chi connectivity index (χ0v) is 10.3. The Morgan fingerprint density at radius 2 is 2.00 bits per heavy atom. The Hall–Kier alpha value is -1.07. The van der Waals surface area contributed by atoms with Gasteiger partial charge in [-0.2, -0.15) is 0 Å². The maximum absolute atomic E-state index is 11.1. The lowest BCUT2D eigenvalue weighted by molar-refractivity contribution is -0.00259. The van der Waals surface area contributed by atoms with Gasteiger partial charge in [-0.1, -0.05) is 0 Å². The number of carbonyl (C=O) groups is 1. The van der Waals surface area contributed by atoms with E-state index in [9.17, 15) is 4.79 Å². The molecule has 0 aromatic carbocycles. The van der Waals surface area contributed by atoms with Crippen LogP contribution in [0.15, 0.2) is 11.6 Å². The number of aliphatic hydroxyl groups excluding tert-OH is 1. The molecule has 0 saturated heterocycles. The van der Waals surface area contributed by atoms with Gasteiger partial charge in [0, 0.05) is 7.11 Å². The molecule has 0 saturated carbocycles. The third-order valence-electron chi connectivity index (χ3n) is 1.50. The second-order valence-electron chi connectivity index (χ2n) is 4.23. The molecule has 1 N–H and O–H groups in total. The summed E-state index contributed by atoms with van der Waals surface area (Å²) in [5, 5.41) is 8.89. The van der Waals surface area contributed by atoms with Crippen molar-refractivity contribution < 1.29 is 24.1 Å². The Balaban J connectivity index is 3.92. The molecular weight excluding hydrogens is 212 g/mol. The Kier molecular flexibility index (Phi) is 6.76. The highest BCUT2D eigenvalue weighted by molar-refractivity contribution is 5.60. The monoisotopic (exact) mass is 232 g/mol. The molecule has 94 valence electrons. The van der Waals surface area contributed by atoms with Crippen LogP contribution in [0.1, 0.15) is 20.8 Å². The van der Waals surface area contributed by atoms with E-state index >= 15 is 0 Å². The summed E-state index contributed by atoms with van der Waals surface area (Å²) in [6, 6.07) is 0. The van der Waals surface area contributed by atoms with Gasteiger partial charge < -0.3 is 19.3 Å². The summed E-state index contributed by atoms with van der Waals surface area (Å²) in [5.74, 6) is 0. The second kappa shape index (κ2) is 7.24. The maximum Gasteiger partial charge on any atom is 0.509 e. The zero-order chi connectivity index (χ0) is 12.6. The van der Waals surface area contributed by atoms with Crippen LogP contribution in [0, 0.1) is 0 Å². The van der Waals surface area contributed by atoms with Crippen molar-refractivity contribution in [3.8, 4) is 0 Å². The maximum atomic E-state index is 11.1. The molecule has 0 heterocycles. The van der Waals surface area contributed by atoms with E-state index in [-0.39, 0.29) is 13.2 Å². The molecule has 0 spiro atoms. The van der Waals surface area contributed by atoms with Crippen LogP contribution in [0.5, 0.6) is 0 Å². The van der Waals surface area contributed by atoms with Crippen LogP contribution in [0.4, 0.5) is 4.79 Å². The summed E-state index contributed by atoms with van der Waals surface area (Å²) >= 11 is 0. The summed E-state index contributed by atoms with van der Waals surface area (Å²) in [6.07, 6.45) is 0.867. The molecule has 0 rings (SSSR count). The van der Waals surface area contributed by atoms with Crippen molar-refractivity contribution in [1.29, 1.82) is 0 Å². The molecular formula is C11H20O5. The van der Waals surface area contributed by atoms with Gasteiger partial charge in [-0.3, -0.25) is 0 Å². The largest absolute Gasteiger partial charge is 0.509 e. The number of hydrogen-bond acceptors (Lipinski definition) is 5. The Labute approximate surface area is 96.0 Å². The molecule has 0 unspecified atom stereocenters. The molecule has 5 nitrogen and oxygen atoms in total. The van der Waals surface area contributed by atoms with Crippen LogP contribution >= 0.6 is 0 Å². The van der Waals surface area contributed by atoms with E-state index in [1.54, 1.807) is 26.8 Å². The predicted octanol–water partition coefficient (Wildman–Crippen LogP) is 1.50. The third kappa shape index (κ3) is 8.26. The fraction of sp³-hybridized carbons (Fsp3) is 0.727. The molecule has 0 aliphatic rings. The average molecular weight is 232 g/mol. The molecule has 0 fully saturated rings. The molecule has 0 bridgehead atoms. The summed E-state index contributed by atoms with van der Waals surface area (Å²) in [4.78, 5) is 11.1. The Morgan fingerprint density at radius 3 is 2.44 bits per heavy atom. The standard InChI is InChI=1S/C11H20O5/c1-11(2,3)16-10(13)15-6-5-9(7-12)8-14-4/h5,12H,6-8H2,1-4H3/b9-5+. The van der Waals surface area contributed by atoms with Gasteiger partial charge in [0.15, 0.2) is 0 Å². The third-order valence-corrected chi connectivity index (χ3v) is 1.50. The first-order valence-electron chi connectivity index (χ1n) is 5.02. The first-order valence-corrected chi connectivity index (χ1v) is 5.02. The van der Waals surface area contributed by atoms with E-state index < -0.39 is 11.8 Å². The van der Waals surface area contributed by atoms with Gasteiger partial charge in [-0.25, -0.2) is 4.79 Å². The molecule has 0 aliphatic carbocycles. The minimum atomic E-state index is -0.724. The first-order chi connectivity index (χ1) is 7.39. The van der Waals surface area contributed by atoms with Crippen LogP contribution in [0.2, 0.25) is 0 Å². The van der Waals surface area contributed by atoms with Crippen molar-refractivity contribution in [2.45, 2.75) is 26.4 Å². The molecule has 0 aromatic heterocycles. The minimum Gasteiger partial charge on any atom is -0.430 e. The number of rotatable bonds is 5. The fourth-order valence-corrected chi connectivity index (χ4v) is 0.862. The summed E-state index contributed by atoms with van der Waals surface area (Å²) in [5.41, 5.74) is 0.0960. The van der Waals surface area contributed by atoms with Gasteiger partial charge in [0.25, 0.3) is 0 Å². The molecule has 0 radical (unpaired) electrons. The predicted molar refractivity (Wildman–Crippen MR) is 59.2 cm³/mol. The van der Waals surface area contributed by atoms with Crippen molar-refractivity contribution in [3.05, 3.63) is 11.6 Å². The summed E-state index contributed by atoms with van der Waals surface area (Å²) in [7, 11) is 1.53. The van der Waals surface area contributed by atoms with Gasteiger partial charge in [-0.05, 0) is 32.4 Å². The van der Waals surface area contributed by atoms with Gasteiger partial charge >= 0.3 is 6.16 Å². The number of aliphatic hydroxyl groups is 1. The molecule has 0 amide bonds. The summed E-state index contributed by atoms with van der Waals surface area (Å²) < 4.78 is 14.6. The zero-order valence-electron chi connectivity index (χ0n) is 10.3. The molecule has 0 atom stereocenters. The number of ether oxygens (including phenoxy) is 3. The van der Waals surface area contributed by atoms with Crippen LogP contribution in [-0.2, 0) is 14.2 Å². The first kappa shape index (κ1) is 14.9. The lowest BCUT2D eigenvalue weighted by atomic mass is 10.2. The molecule has 5 heteroatoms. The van der Waals surface area contributed by atoms with E-state index in [2.05, 4.69) is 0 Å². The minimum absolute atomic E-state index is 0.0637. The molecule has 0 aliphatic heterocycles. The number of carbonyl (C=O) groups excluding carboxylic acids is 1. The number of methoxy groups -OCH3 is 1. The van der Waals surface area contributed by atoms with Gasteiger partial charge in [0.05, 0.1) is 13.2 Å². The highest BCUT2D eigenvalue weighted by Gasteiger charge is 2.16. The van der Waals surface area contributed by atoms with Gasteiger partial charge in [0.2, 0.25) is 0 Å². The van der Waals surface area contributed by atoms with E-state index in [1.807, 2.05) is 0 Å². The van der Waals surface area contributed by atoms with Crippen molar-refractivity contribution in [2.24, 2.45) is 0 Å². The lowest BCUT2D eigenvalue weighted by Gasteiger charge is -2.18. The van der Waals surface area contributed by atoms with Crippen molar-refractivity contribution in [1.82, 2.24) is 0 Å². The molecule has 16 heavy (non-hydrogen) atoms. The summed E-state index contributed by atoms with van der Waals surface area (Å²) in [6.45, 7) is 5.53. The average Bonchev–Trinajstić information content (AvgIpc) is 2.13. The van der Waals surface area contributed by atoms with Crippen LogP contribution in [-0.4, -0.2) is 43.8 Å². The lowest BCUT2D eigenvalue weighted by Crippen LogP contribution is -2.24.